The maximum Gasteiger partial charge on any atom is 0.0342 e. The van der Waals surface area contributed by atoms with Crippen LogP contribution in [0.5, 0.6) is 0 Å². The summed E-state index contributed by atoms with van der Waals surface area (Å²) in [5.74, 6) is 0. The summed E-state index contributed by atoms with van der Waals surface area (Å²) < 4.78 is 2.22. The van der Waals surface area contributed by atoms with Crippen molar-refractivity contribution in [1.82, 2.24) is 3.11 Å². The first kappa shape index (κ1) is 8.74. The maximum absolute atomic E-state index is 5.93. The first-order valence-electron chi connectivity index (χ1n) is 3.86. The van der Waals surface area contributed by atoms with Gasteiger partial charge in [-0.1, -0.05) is 12.8 Å². The highest BCUT2D eigenvalue weighted by molar-refractivity contribution is 14.1. The van der Waals surface area contributed by atoms with Gasteiger partial charge in [0.2, 0.25) is 0 Å². The molecule has 1 aliphatic rings. The summed E-state index contributed by atoms with van der Waals surface area (Å²) in [6.45, 7) is 0. The number of likely N-dealkylation sites (N-methyl/N-ethyl adjacent to an activating group) is 1. The van der Waals surface area contributed by atoms with Crippen LogP contribution in [0.25, 0.3) is 0 Å². The molecule has 0 aromatic carbocycles. The Morgan fingerprint density at radius 2 is 2.00 bits per heavy atom. The van der Waals surface area contributed by atoms with Crippen LogP contribution in [0.4, 0.5) is 0 Å². The average molecular weight is 254 g/mol. The molecule has 10 heavy (non-hydrogen) atoms. The standard InChI is InChI=1S/C7H15IN2/c1-10(8)7-5-3-2-4-6(7)9/h6-7H,2-5,9H2,1H3. The van der Waals surface area contributed by atoms with E-state index in [9.17, 15) is 0 Å². The molecule has 0 aromatic heterocycles. The largest absolute Gasteiger partial charge is 0.326 e. The van der Waals surface area contributed by atoms with Crippen molar-refractivity contribution in [3.8, 4) is 0 Å². The van der Waals surface area contributed by atoms with E-state index in [0.717, 1.165) is 0 Å². The van der Waals surface area contributed by atoms with E-state index in [1.807, 2.05) is 0 Å². The van der Waals surface area contributed by atoms with E-state index in [1.54, 1.807) is 0 Å². The molecule has 2 atom stereocenters. The van der Waals surface area contributed by atoms with Crippen LogP contribution in [-0.2, 0) is 0 Å². The highest BCUT2D eigenvalue weighted by atomic mass is 127. The van der Waals surface area contributed by atoms with Crippen molar-refractivity contribution in [2.45, 2.75) is 37.8 Å². The third-order valence-corrected chi connectivity index (χ3v) is 2.95. The van der Waals surface area contributed by atoms with Crippen LogP contribution in [-0.4, -0.2) is 22.2 Å². The van der Waals surface area contributed by atoms with Gasteiger partial charge in [0, 0.05) is 34.9 Å². The Morgan fingerprint density at radius 1 is 1.40 bits per heavy atom. The third-order valence-electron chi connectivity index (χ3n) is 2.24. The van der Waals surface area contributed by atoms with Crippen LogP contribution in [0, 0.1) is 0 Å². The predicted molar refractivity (Wildman–Crippen MR) is 52.0 cm³/mol. The minimum Gasteiger partial charge on any atom is -0.326 e. The van der Waals surface area contributed by atoms with Gasteiger partial charge in [-0.05, 0) is 19.9 Å². The number of hydrogen-bond acceptors (Lipinski definition) is 2. The zero-order chi connectivity index (χ0) is 7.56. The van der Waals surface area contributed by atoms with Crippen LogP contribution in [0.15, 0.2) is 0 Å². The lowest BCUT2D eigenvalue weighted by Crippen LogP contribution is -2.44. The number of rotatable bonds is 1. The number of nitrogens with two attached hydrogens (primary N) is 1. The fraction of sp³-hybridized carbons (Fsp3) is 1.00. The van der Waals surface area contributed by atoms with Gasteiger partial charge < -0.3 is 5.73 Å². The third kappa shape index (κ3) is 2.07. The van der Waals surface area contributed by atoms with Gasteiger partial charge in [-0.15, -0.1) is 0 Å². The molecule has 0 aliphatic heterocycles. The molecular weight excluding hydrogens is 239 g/mol. The van der Waals surface area contributed by atoms with Crippen molar-refractivity contribution in [2.24, 2.45) is 5.73 Å². The normalized spacial score (nSPS) is 34.8. The molecule has 0 saturated heterocycles. The lowest BCUT2D eigenvalue weighted by molar-refractivity contribution is 0.283. The van der Waals surface area contributed by atoms with Gasteiger partial charge in [0.25, 0.3) is 0 Å². The highest BCUT2D eigenvalue weighted by Crippen LogP contribution is 2.22. The molecule has 2 nitrogen and oxygen atoms in total. The van der Waals surface area contributed by atoms with Crippen molar-refractivity contribution < 1.29 is 0 Å². The van der Waals surface area contributed by atoms with Crippen molar-refractivity contribution in [3.05, 3.63) is 0 Å². The van der Waals surface area contributed by atoms with Crippen LogP contribution in [0.3, 0.4) is 0 Å². The van der Waals surface area contributed by atoms with Gasteiger partial charge in [0.1, 0.15) is 0 Å². The Kier molecular flexibility index (Phi) is 3.39. The van der Waals surface area contributed by atoms with Gasteiger partial charge in [0.05, 0.1) is 0 Å². The van der Waals surface area contributed by atoms with Gasteiger partial charge in [-0.2, -0.15) is 0 Å². The Labute approximate surface area is 76.6 Å². The SMILES string of the molecule is CN(I)C1CCCCC1N. The van der Waals surface area contributed by atoms with Crippen LogP contribution >= 0.6 is 22.9 Å². The molecule has 3 heteroatoms. The van der Waals surface area contributed by atoms with Crippen LogP contribution < -0.4 is 5.73 Å². The molecule has 1 rings (SSSR count). The molecule has 2 unspecified atom stereocenters. The summed E-state index contributed by atoms with van der Waals surface area (Å²) >= 11 is 2.33. The van der Waals surface area contributed by atoms with E-state index >= 15 is 0 Å². The second-order valence-corrected chi connectivity index (χ2v) is 4.56. The smallest absolute Gasteiger partial charge is 0.0342 e. The fourth-order valence-corrected chi connectivity index (χ4v) is 2.27. The molecule has 0 bridgehead atoms. The summed E-state index contributed by atoms with van der Waals surface area (Å²) in [6, 6.07) is 1.03. The molecule has 0 amide bonds. The quantitative estimate of drug-likeness (QED) is 0.568. The highest BCUT2D eigenvalue weighted by Gasteiger charge is 2.23. The van der Waals surface area contributed by atoms with Crippen molar-refractivity contribution in [2.75, 3.05) is 7.05 Å². The minimum absolute atomic E-state index is 0.413. The molecule has 0 aromatic rings. The van der Waals surface area contributed by atoms with E-state index in [1.165, 1.54) is 25.7 Å². The Balaban J connectivity index is 2.40. The van der Waals surface area contributed by atoms with Crippen molar-refractivity contribution >= 4 is 22.9 Å². The Hall–Kier alpha value is 0.650. The van der Waals surface area contributed by atoms with Gasteiger partial charge in [0.15, 0.2) is 0 Å². The molecule has 2 N–H and O–H groups in total. The molecular formula is C7H15IN2. The monoisotopic (exact) mass is 254 g/mol. The second kappa shape index (κ2) is 3.88. The topological polar surface area (TPSA) is 29.3 Å². The molecule has 0 heterocycles. The zero-order valence-electron chi connectivity index (χ0n) is 6.39. The average Bonchev–Trinajstić information content (AvgIpc) is 1.88. The first-order chi connectivity index (χ1) is 4.72. The second-order valence-electron chi connectivity index (χ2n) is 3.04. The van der Waals surface area contributed by atoms with E-state index in [-0.39, 0.29) is 0 Å². The van der Waals surface area contributed by atoms with E-state index in [2.05, 4.69) is 33.0 Å². The van der Waals surface area contributed by atoms with E-state index < -0.39 is 0 Å². The summed E-state index contributed by atoms with van der Waals surface area (Å²) in [5, 5.41) is 0. The van der Waals surface area contributed by atoms with Crippen molar-refractivity contribution in [3.63, 3.8) is 0 Å². The Morgan fingerprint density at radius 3 is 2.40 bits per heavy atom. The zero-order valence-corrected chi connectivity index (χ0v) is 8.54. The number of halogens is 1. The van der Waals surface area contributed by atoms with Gasteiger partial charge in [-0.3, -0.25) is 0 Å². The minimum atomic E-state index is 0.413. The lowest BCUT2D eigenvalue weighted by Gasteiger charge is -2.32. The molecule has 1 fully saturated rings. The fourth-order valence-electron chi connectivity index (χ4n) is 1.58. The molecule has 60 valence electrons. The Bertz CT molecular complexity index is 106. The van der Waals surface area contributed by atoms with E-state index in [4.69, 9.17) is 5.73 Å². The summed E-state index contributed by atoms with van der Waals surface area (Å²) in [4.78, 5) is 0. The summed E-state index contributed by atoms with van der Waals surface area (Å²) in [6.07, 6.45) is 5.16. The molecule has 0 radical (unpaired) electrons. The summed E-state index contributed by atoms with van der Waals surface area (Å²) in [5.41, 5.74) is 5.93. The maximum atomic E-state index is 5.93. The van der Waals surface area contributed by atoms with Crippen molar-refractivity contribution in [1.29, 1.82) is 0 Å². The number of nitrogens with zero attached hydrogens (tertiary/aromatic N) is 1. The summed E-state index contributed by atoms with van der Waals surface area (Å²) in [7, 11) is 2.11. The van der Waals surface area contributed by atoms with Gasteiger partial charge in [-0.25, -0.2) is 3.11 Å². The van der Waals surface area contributed by atoms with Gasteiger partial charge >= 0.3 is 0 Å². The van der Waals surface area contributed by atoms with E-state index in [0.29, 0.717) is 12.1 Å². The first-order valence-corrected chi connectivity index (χ1v) is 4.82. The molecule has 1 aliphatic carbocycles. The molecule has 0 spiro atoms. The molecule has 1 saturated carbocycles. The lowest BCUT2D eigenvalue weighted by atomic mass is 9.91. The predicted octanol–water partition coefficient (Wildman–Crippen LogP) is 1.54. The van der Waals surface area contributed by atoms with Crippen LogP contribution in [0.1, 0.15) is 25.7 Å². The van der Waals surface area contributed by atoms with Crippen LogP contribution in [0.2, 0.25) is 0 Å². The number of hydrogen-bond donors (Lipinski definition) is 1.